The van der Waals surface area contributed by atoms with E-state index in [4.69, 9.17) is 4.74 Å². The summed E-state index contributed by atoms with van der Waals surface area (Å²) >= 11 is 0. The van der Waals surface area contributed by atoms with Gasteiger partial charge in [-0.05, 0) is 46.6 Å². The molecule has 0 N–H and O–H groups in total. The first kappa shape index (κ1) is 15.0. The molecule has 2 rings (SSSR count). The largest absolute Gasteiger partial charge is 0.460 e. The summed E-state index contributed by atoms with van der Waals surface area (Å²) in [5, 5.41) is 7.97. The molecular weight excluding hydrogens is 256 g/mol. The first-order chi connectivity index (χ1) is 9.52. The number of nitrogens with zero attached hydrogens (tertiary/aromatic N) is 4. The van der Waals surface area contributed by atoms with Crippen molar-refractivity contribution in [3.05, 3.63) is 11.6 Å². The van der Waals surface area contributed by atoms with E-state index in [-0.39, 0.29) is 5.97 Å². The molecule has 1 atom stereocenters. The normalized spacial score (nSPS) is 19.8. The first-order valence-corrected chi connectivity index (χ1v) is 7.33. The average Bonchev–Trinajstić information content (AvgIpc) is 2.99. The Kier molecular flexibility index (Phi) is 4.75. The summed E-state index contributed by atoms with van der Waals surface area (Å²) in [5.74, 6) is 1.26. The van der Waals surface area contributed by atoms with E-state index in [9.17, 15) is 4.79 Å². The molecule has 1 aliphatic heterocycles. The summed E-state index contributed by atoms with van der Waals surface area (Å²) in [7, 11) is 0. The lowest BCUT2D eigenvalue weighted by Crippen LogP contribution is -2.29. The Bertz CT molecular complexity index is 470. The molecule has 6 heteroatoms. The fourth-order valence-electron chi connectivity index (χ4n) is 2.69. The van der Waals surface area contributed by atoms with Crippen LogP contribution in [0.25, 0.3) is 0 Å². The van der Waals surface area contributed by atoms with Gasteiger partial charge in [0, 0.05) is 19.1 Å². The molecule has 0 saturated carbocycles. The summed E-state index contributed by atoms with van der Waals surface area (Å²) in [6.45, 7) is 11.4. The lowest BCUT2D eigenvalue weighted by Gasteiger charge is -2.20. The molecule has 6 nitrogen and oxygen atoms in total. The second kappa shape index (κ2) is 6.35. The van der Waals surface area contributed by atoms with Gasteiger partial charge in [-0.2, -0.15) is 0 Å². The molecule has 0 spiro atoms. The van der Waals surface area contributed by atoms with Crippen molar-refractivity contribution in [2.75, 3.05) is 19.7 Å². The van der Waals surface area contributed by atoms with Crippen molar-refractivity contribution in [2.24, 2.45) is 5.92 Å². The zero-order valence-corrected chi connectivity index (χ0v) is 12.8. The van der Waals surface area contributed by atoms with Crippen LogP contribution in [-0.2, 0) is 11.3 Å². The number of rotatable bonds is 5. The lowest BCUT2D eigenvalue weighted by molar-refractivity contribution is 0.0504. The van der Waals surface area contributed by atoms with Crippen molar-refractivity contribution in [3.63, 3.8) is 0 Å². The molecule has 0 radical (unpaired) electrons. The van der Waals surface area contributed by atoms with Crippen LogP contribution >= 0.6 is 0 Å². The van der Waals surface area contributed by atoms with Crippen LogP contribution in [0.3, 0.4) is 0 Å². The van der Waals surface area contributed by atoms with Gasteiger partial charge in [-0.25, -0.2) is 4.79 Å². The molecule has 0 amide bonds. The monoisotopic (exact) mass is 280 g/mol. The zero-order chi connectivity index (χ0) is 14.7. The van der Waals surface area contributed by atoms with Crippen molar-refractivity contribution in [1.29, 1.82) is 0 Å². The van der Waals surface area contributed by atoms with Gasteiger partial charge >= 0.3 is 5.97 Å². The van der Waals surface area contributed by atoms with E-state index in [1.807, 2.05) is 11.5 Å². The van der Waals surface area contributed by atoms with Crippen molar-refractivity contribution < 1.29 is 9.53 Å². The maximum atomic E-state index is 11.9. The Morgan fingerprint density at radius 3 is 2.80 bits per heavy atom. The molecule has 0 aromatic carbocycles. The zero-order valence-electron chi connectivity index (χ0n) is 12.8. The van der Waals surface area contributed by atoms with Crippen LogP contribution in [0.5, 0.6) is 0 Å². The predicted octanol–water partition coefficient (Wildman–Crippen LogP) is 1.49. The van der Waals surface area contributed by atoms with Crippen LogP contribution in [0.4, 0.5) is 0 Å². The SMILES string of the molecule is CCOC(=O)c1nnc(C)n1CC1CCN(C(C)C)C1. The van der Waals surface area contributed by atoms with Gasteiger partial charge < -0.3 is 14.2 Å². The van der Waals surface area contributed by atoms with Crippen molar-refractivity contribution >= 4 is 5.97 Å². The van der Waals surface area contributed by atoms with Crippen LogP contribution in [-0.4, -0.2) is 51.4 Å². The molecule has 2 heterocycles. The molecule has 0 aliphatic carbocycles. The number of aryl methyl sites for hydroxylation is 1. The minimum absolute atomic E-state index is 0.326. The van der Waals surface area contributed by atoms with Crippen molar-refractivity contribution in [3.8, 4) is 0 Å². The Hall–Kier alpha value is -1.43. The Morgan fingerprint density at radius 1 is 1.45 bits per heavy atom. The first-order valence-electron chi connectivity index (χ1n) is 7.33. The standard InChI is InChI=1S/C14H24N4O2/c1-5-20-14(19)13-16-15-11(4)18(13)9-12-6-7-17(8-12)10(2)3/h10,12H,5-9H2,1-4H3. The maximum absolute atomic E-state index is 11.9. The molecular formula is C14H24N4O2. The summed E-state index contributed by atoms with van der Waals surface area (Å²) in [6, 6.07) is 0.575. The van der Waals surface area contributed by atoms with E-state index in [1.54, 1.807) is 6.92 Å². The average molecular weight is 280 g/mol. The van der Waals surface area contributed by atoms with Crippen LogP contribution in [0, 0.1) is 12.8 Å². The second-order valence-corrected chi connectivity index (χ2v) is 5.65. The van der Waals surface area contributed by atoms with Gasteiger partial charge in [0.15, 0.2) is 0 Å². The smallest absolute Gasteiger partial charge is 0.376 e. The van der Waals surface area contributed by atoms with E-state index < -0.39 is 0 Å². The van der Waals surface area contributed by atoms with Gasteiger partial charge in [-0.3, -0.25) is 0 Å². The van der Waals surface area contributed by atoms with Crippen molar-refractivity contribution in [2.45, 2.75) is 46.7 Å². The van der Waals surface area contributed by atoms with E-state index >= 15 is 0 Å². The van der Waals surface area contributed by atoms with E-state index in [1.165, 1.54) is 0 Å². The van der Waals surface area contributed by atoms with Gasteiger partial charge in [0.2, 0.25) is 5.82 Å². The summed E-state index contributed by atoms with van der Waals surface area (Å²) in [6.07, 6.45) is 1.15. The lowest BCUT2D eigenvalue weighted by atomic mass is 10.1. The number of carbonyl (C=O) groups excluding carboxylic acids is 1. The number of likely N-dealkylation sites (tertiary alicyclic amines) is 1. The third-order valence-corrected chi connectivity index (χ3v) is 3.88. The van der Waals surface area contributed by atoms with Gasteiger partial charge in [0.05, 0.1) is 6.61 Å². The Morgan fingerprint density at radius 2 is 2.20 bits per heavy atom. The number of esters is 1. The van der Waals surface area contributed by atoms with Crippen molar-refractivity contribution in [1.82, 2.24) is 19.7 Å². The van der Waals surface area contributed by atoms with E-state index in [0.29, 0.717) is 24.4 Å². The third-order valence-electron chi connectivity index (χ3n) is 3.88. The van der Waals surface area contributed by atoms with Gasteiger partial charge in [0.25, 0.3) is 0 Å². The Balaban J connectivity index is 2.06. The maximum Gasteiger partial charge on any atom is 0.376 e. The van der Waals surface area contributed by atoms with Gasteiger partial charge in [-0.15, -0.1) is 10.2 Å². The van der Waals surface area contributed by atoms with Crippen LogP contribution in [0.2, 0.25) is 0 Å². The highest BCUT2D eigenvalue weighted by molar-refractivity contribution is 5.85. The minimum Gasteiger partial charge on any atom is -0.460 e. The predicted molar refractivity (Wildman–Crippen MR) is 75.5 cm³/mol. The number of ether oxygens (including phenoxy) is 1. The summed E-state index contributed by atoms with van der Waals surface area (Å²) < 4.78 is 6.93. The number of aromatic nitrogens is 3. The second-order valence-electron chi connectivity index (χ2n) is 5.65. The molecule has 1 aromatic rings. The topological polar surface area (TPSA) is 60.2 Å². The number of carbonyl (C=O) groups is 1. The fraction of sp³-hybridized carbons (Fsp3) is 0.786. The summed E-state index contributed by atoms with van der Waals surface area (Å²) in [4.78, 5) is 14.3. The quantitative estimate of drug-likeness (QED) is 0.765. The molecule has 1 fully saturated rings. The minimum atomic E-state index is -0.383. The molecule has 1 aromatic heterocycles. The highest BCUT2D eigenvalue weighted by Crippen LogP contribution is 2.21. The third kappa shape index (κ3) is 3.17. The molecule has 0 bridgehead atoms. The fourth-order valence-corrected chi connectivity index (χ4v) is 2.69. The van der Waals surface area contributed by atoms with E-state index in [2.05, 4.69) is 28.9 Å². The number of hydrogen-bond acceptors (Lipinski definition) is 5. The molecule has 1 saturated heterocycles. The number of hydrogen-bond donors (Lipinski definition) is 0. The highest BCUT2D eigenvalue weighted by Gasteiger charge is 2.27. The molecule has 112 valence electrons. The van der Waals surface area contributed by atoms with Crippen LogP contribution in [0.1, 0.15) is 43.6 Å². The van der Waals surface area contributed by atoms with Gasteiger partial charge in [-0.1, -0.05) is 0 Å². The summed E-state index contributed by atoms with van der Waals surface area (Å²) in [5.41, 5.74) is 0. The molecule has 20 heavy (non-hydrogen) atoms. The Labute approximate surface area is 120 Å². The van der Waals surface area contributed by atoms with Gasteiger partial charge in [0.1, 0.15) is 5.82 Å². The van der Waals surface area contributed by atoms with Crippen LogP contribution < -0.4 is 0 Å². The van der Waals surface area contributed by atoms with E-state index in [0.717, 1.165) is 31.9 Å². The molecule has 1 unspecified atom stereocenters. The molecule has 1 aliphatic rings. The van der Waals surface area contributed by atoms with Crippen LogP contribution in [0.15, 0.2) is 0 Å². The highest BCUT2D eigenvalue weighted by atomic mass is 16.5.